The third-order valence-corrected chi connectivity index (χ3v) is 6.79. The van der Waals surface area contributed by atoms with Gasteiger partial charge in [0.05, 0.1) is 0 Å². The molecule has 0 spiro atoms. The topological polar surface area (TPSA) is 40.5 Å². The molecule has 38 heavy (non-hydrogen) atoms. The molecular formula is C36H58O2. The van der Waals surface area contributed by atoms with Crippen molar-refractivity contribution in [3.05, 3.63) is 48.6 Å². The lowest BCUT2D eigenvalue weighted by Crippen LogP contribution is -1.95. The lowest BCUT2D eigenvalue weighted by atomic mass is 10.1. The van der Waals surface area contributed by atoms with E-state index in [-0.39, 0.29) is 0 Å². The van der Waals surface area contributed by atoms with Crippen LogP contribution in [0.5, 0.6) is 0 Å². The van der Waals surface area contributed by atoms with Crippen LogP contribution in [0.3, 0.4) is 0 Å². The smallest absolute Gasteiger partial charge is 0.133 e. The van der Waals surface area contributed by atoms with Crippen LogP contribution in [0.15, 0.2) is 48.6 Å². The summed E-state index contributed by atoms with van der Waals surface area (Å²) in [4.78, 5) is 0. The molecule has 2 N–H and O–H groups in total. The third-order valence-electron chi connectivity index (χ3n) is 6.79. The Morgan fingerprint density at radius 2 is 0.579 bits per heavy atom. The fourth-order valence-corrected chi connectivity index (χ4v) is 4.37. The van der Waals surface area contributed by atoms with E-state index in [9.17, 15) is 10.2 Å². The first-order valence-corrected chi connectivity index (χ1v) is 15.6. The lowest BCUT2D eigenvalue weighted by Gasteiger charge is -2.01. The fourth-order valence-electron chi connectivity index (χ4n) is 4.37. The van der Waals surface area contributed by atoms with Crippen molar-refractivity contribution in [2.24, 2.45) is 0 Å². The van der Waals surface area contributed by atoms with Crippen LogP contribution in [0.2, 0.25) is 0 Å². The van der Waals surface area contributed by atoms with E-state index in [4.69, 9.17) is 12.8 Å². The van der Waals surface area contributed by atoms with Gasteiger partial charge in [-0.2, -0.15) is 0 Å². The molecule has 0 rings (SSSR count). The van der Waals surface area contributed by atoms with Crippen LogP contribution in [0, 0.1) is 24.7 Å². The number of aliphatic hydroxyl groups is 2. The number of rotatable bonds is 27. The van der Waals surface area contributed by atoms with E-state index in [1.165, 1.54) is 128 Å². The van der Waals surface area contributed by atoms with Gasteiger partial charge in [-0.3, -0.25) is 0 Å². The Kier molecular flexibility index (Phi) is 29.6. The minimum atomic E-state index is -0.721. The highest BCUT2D eigenvalue weighted by atomic mass is 16.3. The molecule has 0 radical (unpaired) electrons. The number of hydrogen-bond acceptors (Lipinski definition) is 2. The van der Waals surface area contributed by atoms with E-state index < -0.39 is 12.2 Å². The minimum absolute atomic E-state index is 0.721. The average molecular weight is 523 g/mol. The number of hydrogen-bond donors (Lipinski definition) is 2. The van der Waals surface area contributed by atoms with Crippen molar-refractivity contribution in [1.82, 2.24) is 0 Å². The Morgan fingerprint density at radius 3 is 0.842 bits per heavy atom. The van der Waals surface area contributed by atoms with Gasteiger partial charge in [0.15, 0.2) is 0 Å². The highest BCUT2D eigenvalue weighted by Crippen LogP contribution is 2.12. The van der Waals surface area contributed by atoms with Crippen LogP contribution < -0.4 is 0 Å². The predicted octanol–water partition coefficient (Wildman–Crippen LogP) is 9.78. The highest BCUT2D eigenvalue weighted by Gasteiger charge is 1.94. The van der Waals surface area contributed by atoms with Gasteiger partial charge in [-0.1, -0.05) is 113 Å². The van der Waals surface area contributed by atoms with Crippen molar-refractivity contribution in [3.8, 4) is 24.7 Å². The van der Waals surface area contributed by atoms with Crippen molar-refractivity contribution in [3.63, 3.8) is 0 Å². The molecule has 0 aliphatic carbocycles. The monoisotopic (exact) mass is 522 g/mol. The molecule has 0 fully saturated rings. The molecular weight excluding hydrogens is 464 g/mol. The third kappa shape index (κ3) is 30.2. The number of terminal acetylenes is 2. The second kappa shape index (κ2) is 31.2. The van der Waals surface area contributed by atoms with E-state index in [1.54, 1.807) is 12.2 Å². The summed E-state index contributed by atoms with van der Waals surface area (Å²) in [5.74, 6) is 4.59. The first kappa shape index (κ1) is 36.0. The summed E-state index contributed by atoms with van der Waals surface area (Å²) >= 11 is 0. The summed E-state index contributed by atoms with van der Waals surface area (Å²) in [6, 6.07) is 0. The normalized spacial score (nSPS) is 13.6. The van der Waals surface area contributed by atoms with Crippen LogP contribution in [0.4, 0.5) is 0 Å². The maximum atomic E-state index is 9.23. The van der Waals surface area contributed by atoms with Gasteiger partial charge in [-0.15, -0.1) is 12.8 Å². The minimum Gasteiger partial charge on any atom is -0.377 e. The maximum absolute atomic E-state index is 9.23. The molecule has 2 atom stereocenters. The van der Waals surface area contributed by atoms with Crippen molar-refractivity contribution in [2.75, 3.05) is 0 Å². The Labute approximate surface area is 236 Å². The van der Waals surface area contributed by atoms with Crippen LogP contribution in [-0.2, 0) is 0 Å². The molecule has 0 saturated carbocycles. The molecule has 0 aromatic carbocycles. The van der Waals surface area contributed by atoms with Gasteiger partial charge in [0, 0.05) is 0 Å². The summed E-state index contributed by atoms with van der Waals surface area (Å²) < 4.78 is 0. The van der Waals surface area contributed by atoms with Gasteiger partial charge in [-0.05, 0) is 89.2 Å². The molecule has 2 unspecified atom stereocenters. The van der Waals surface area contributed by atoms with Gasteiger partial charge >= 0.3 is 0 Å². The van der Waals surface area contributed by atoms with Gasteiger partial charge in [0.25, 0.3) is 0 Å². The zero-order chi connectivity index (χ0) is 27.8. The van der Waals surface area contributed by atoms with E-state index in [2.05, 4.69) is 36.1 Å². The fraction of sp³-hybridized carbons (Fsp3) is 0.667. The van der Waals surface area contributed by atoms with Crippen LogP contribution in [-0.4, -0.2) is 22.4 Å². The highest BCUT2D eigenvalue weighted by molar-refractivity contribution is 5.06. The second-order valence-corrected chi connectivity index (χ2v) is 10.4. The predicted molar refractivity (Wildman–Crippen MR) is 168 cm³/mol. The molecule has 0 aliphatic heterocycles. The summed E-state index contributed by atoms with van der Waals surface area (Å²) in [6.45, 7) is 0. The summed E-state index contributed by atoms with van der Waals surface area (Å²) in [5.41, 5.74) is 0. The number of unbranched alkanes of at least 4 members (excludes halogenated alkanes) is 19. The van der Waals surface area contributed by atoms with Crippen molar-refractivity contribution >= 4 is 0 Å². The molecule has 2 heteroatoms. The molecule has 0 heterocycles. The van der Waals surface area contributed by atoms with Crippen LogP contribution in [0.25, 0.3) is 0 Å². The molecule has 0 aromatic rings. The Hall–Kier alpha value is -2.00. The van der Waals surface area contributed by atoms with Crippen molar-refractivity contribution in [2.45, 2.75) is 153 Å². The molecule has 2 nitrogen and oxygen atoms in total. The molecule has 0 bridgehead atoms. The zero-order valence-electron chi connectivity index (χ0n) is 24.4. The van der Waals surface area contributed by atoms with Gasteiger partial charge in [-0.25, -0.2) is 0 Å². The van der Waals surface area contributed by atoms with Gasteiger partial charge in [0.1, 0.15) is 12.2 Å². The quantitative estimate of drug-likeness (QED) is 0.0640. The zero-order valence-corrected chi connectivity index (χ0v) is 24.4. The van der Waals surface area contributed by atoms with Crippen molar-refractivity contribution in [1.29, 1.82) is 0 Å². The second-order valence-electron chi connectivity index (χ2n) is 10.4. The first-order chi connectivity index (χ1) is 18.7. The molecule has 214 valence electrons. The Bertz CT molecular complexity index is 625. The first-order valence-electron chi connectivity index (χ1n) is 15.6. The van der Waals surface area contributed by atoms with E-state index in [1.807, 2.05) is 12.2 Å². The summed E-state index contributed by atoms with van der Waals surface area (Å²) in [7, 11) is 0. The van der Waals surface area contributed by atoms with Crippen molar-refractivity contribution < 1.29 is 10.2 Å². The Morgan fingerprint density at radius 1 is 0.368 bits per heavy atom. The molecule has 0 amide bonds. The number of allylic oxidation sites excluding steroid dienone is 6. The molecule has 0 aromatic heterocycles. The molecule has 0 saturated heterocycles. The maximum Gasteiger partial charge on any atom is 0.133 e. The average Bonchev–Trinajstić information content (AvgIpc) is 2.93. The van der Waals surface area contributed by atoms with Gasteiger partial charge < -0.3 is 10.2 Å². The molecule has 0 aliphatic rings. The van der Waals surface area contributed by atoms with E-state index in [0.717, 1.165) is 12.8 Å². The van der Waals surface area contributed by atoms with Crippen LogP contribution in [0.1, 0.15) is 141 Å². The summed E-state index contributed by atoms with van der Waals surface area (Å²) in [5, 5.41) is 18.5. The largest absolute Gasteiger partial charge is 0.377 e. The summed E-state index contributed by atoms with van der Waals surface area (Å²) in [6.07, 6.45) is 53.6. The Balaban J connectivity index is 3.25. The standard InChI is InChI=1S/C36H58O2/c1-3-35(37)33-31-29-27-25-23-21-19-17-15-13-11-9-7-5-6-8-10-12-14-16-18-20-22-24-26-28-30-32-34-36(38)4-2/h1-2,9-12,31-38H,5-8,13-30H2. The van der Waals surface area contributed by atoms with Gasteiger partial charge in [0.2, 0.25) is 0 Å². The number of aliphatic hydroxyl groups excluding tert-OH is 2. The van der Waals surface area contributed by atoms with E-state index >= 15 is 0 Å². The SMILES string of the molecule is C#CC(O)C=CCCCCCCCCCC=CCCCCC=CCCCCCCCCCC=CC(O)C#C. The van der Waals surface area contributed by atoms with E-state index in [0.29, 0.717) is 0 Å². The van der Waals surface area contributed by atoms with Crippen LogP contribution >= 0.6 is 0 Å². The lowest BCUT2D eigenvalue weighted by molar-refractivity contribution is 0.280.